The molecule has 1 aliphatic carbocycles. The second-order valence-corrected chi connectivity index (χ2v) is 6.46. The van der Waals surface area contributed by atoms with E-state index in [4.69, 9.17) is 0 Å². The third-order valence-electron chi connectivity index (χ3n) is 5.02. The second kappa shape index (κ2) is 6.18. The first-order chi connectivity index (χ1) is 10.2. The van der Waals surface area contributed by atoms with Crippen molar-refractivity contribution in [3.63, 3.8) is 0 Å². The largest absolute Gasteiger partial charge is 0.388 e. The molecule has 21 heavy (non-hydrogen) atoms. The van der Waals surface area contributed by atoms with Gasteiger partial charge in [-0.2, -0.15) is 0 Å². The average Bonchev–Trinajstić information content (AvgIpc) is 2.54. The molecule has 1 heterocycles. The molecule has 3 nitrogen and oxygen atoms in total. The number of benzene rings is 1. The Kier molecular flexibility index (Phi) is 4.29. The fourth-order valence-corrected chi connectivity index (χ4v) is 3.74. The van der Waals surface area contributed by atoms with Gasteiger partial charge in [-0.25, -0.2) is 0 Å². The molecule has 1 aliphatic heterocycles. The fraction of sp³-hybridized carbons (Fsp3) is 0.611. The molecule has 0 bridgehead atoms. The Morgan fingerprint density at radius 2 is 2.00 bits per heavy atom. The Labute approximate surface area is 126 Å². The molecule has 1 aromatic carbocycles. The maximum Gasteiger partial charge on any atom is 0.224 e. The minimum absolute atomic E-state index is 0.0730. The lowest BCUT2D eigenvalue weighted by molar-refractivity contribution is -0.116. The van der Waals surface area contributed by atoms with Crippen LogP contribution in [0, 0.1) is 5.92 Å². The van der Waals surface area contributed by atoms with Gasteiger partial charge in [-0.3, -0.25) is 4.79 Å². The molecule has 3 heteroatoms. The molecule has 1 atom stereocenters. The molecule has 0 radical (unpaired) electrons. The summed E-state index contributed by atoms with van der Waals surface area (Å²) in [4.78, 5) is 11.7. The SMILES string of the molecule is CCc1cc2c(c(C(O)C3CCCCC3)c1)NC(=O)CC2. The van der Waals surface area contributed by atoms with Gasteiger partial charge in [0, 0.05) is 17.7 Å². The van der Waals surface area contributed by atoms with Crippen LogP contribution in [-0.4, -0.2) is 11.0 Å². The van der Waals surface area contributed by atoms with Crippen molar-refractivity contribution in [3.05, 3.63) is 28.8 Å². The van der Waals surface area contributed by atoms with E-state index in [1.54, 1.807) is 0 Å². The van der Waals surface area contributed by atoms with Gasteiger partial charge < -0.3 is 10.4 Å². The maximum absolute atomic E-state index is 11.7. The van der Waals surface area contributed by atoms with Crippen molar-refractivity contribution in [1.82, 2.24) is 0 Å². The molecule has 0 saturated heterocycles. The minimum Gasteiger partial charge on any atom is -0.388 e. The second-order valence-electron chi connectivity index (χ2n) is 6.46. The predicted octanol–water partition coefficient (Wildman–Crippen LogP) is 3.75. The zero-order valence-electron chi connectivity index (χ0n) is 12.8. The molecule has 2 N–H and O–H groups in total. The number of hydrogen-bond acceptors (Lipinski definition) is 2. The van der Waals surface area contributed by atoms with Crippen LogP contribution in [0.4, 0.5) is 5.69 Å². The first-order valence-corrected chi connectivity index (χ1v) is 8.32. The van der Waals surface area contributed by atoms with Crippen molar-refractivity contribution in [2.45, 2.75) is 64.4 Å². The van der Waals surface area contributed by atoms with E-state index >= 15 is 0 Å². The highest BCUT2D eigenvalue weighted by Gasteiger charge is 2.28. The summed E-state index contributed by atoms with van der Waals surface area (Å²) < 4.78 is 0. The summed E-state index contributed by atoms with van der Waals surface area (Å²) in [5.74, 6) is 0.414. The number of carbonyl (C=O) groups is 1. The lowest BCUT2D eigenvalue weighted by Gasteiger charge is -2.30. The van der Waals surface area contributed by atoms with E-state index < -0.39 is 6.10 Å². The Morgan fingerprint density at radius 1 is 1.24 bits per heavy atom. The van der Waals surface area contributed by atoms with Crippen molar-refractivity contribution >= 4 is 11.6 Å². The minimum atomic E-state index is -0.441. The zero-order chi connectivity index (χ0) is 14.8. The van der Waals surface area contributed by atoms with Crippen molar-refractivity contribution < 1.29 is 9.90 Å². The van der Waals surface area contributed by atoms with Crippen LogP contribution in [0.5, 0.6) is 0 Å². The monoisotopic (exact) mass is 287 g/mol. The van der Waals surface area contributed by atoms with Crippen LogP contribution in [0.2, 0.25) is 0 Å². The Balaban J connectivity index is 1.97. The number of aryl methyl sites for hydroxylation is 2. The molecule has 114 valence electrons. The summed E-state index contributed by atoms with van der Waals surface area (Å²) >= 11 is 0. The first-order valence-electron chi connectivity index (χ1n) is 8.32. The first kappa shape index (κ1) is 14.6. The zero-order valence-corrected chi connectivity index (χ0v) is 12.8. The van der Waals surface area contributed by atoms with Gasteiger partial charge in [0.1, 0.15) is 0 Å². The normalized spacial score (nSPS) is 20.8. The van der Waals surface area contributed by atoms with Gasteiger partial charge >= 0.3 is 0 Å². The highest BCUT2D eigenvalue weighted by molar-refractivity contribution is 5.95. The van der Waals surface area contributed by atoms with Gasteiger partial charge in [-0.1, -0.05) is 38.3 Å². The third kappa shape index (κ3) is 2.98. The molecule has 1 amide bonds. The molecule has 0 spiro atoms. The summed E-state index contributed by atoms with van der Waals surface area (Å²) in [5.41, 5.74) is 4.29. The highest BCUT2D eigenvalue weighted by Crippen LogP contribution is 2.40. The molecule has 0 aromatic heterocycles. The van der Waals surface area contributed by atoms with E-state index in [0.717, 1.165) is 36.9 Å². The standard InChI is InChI=1S/C18H25NO2/c1-2-12-10-14-8-9-16(20)19-17(14)15(11-12)18(21)13-6-4-3-5-7-13/h10-11,13,18,21H,2-9H2,1H3,(H,19,20). The lowest BCUT2D eigenvalue weighted by Crippen LogP contribution is -2.24. The van der Waals surface area contributed by atoms with Crippen LogP contribution in [0.1, 0.15) is 68.2 Å². The third-order valence-corrected chi connectivity index (χ3v) is 5.02. The van der Waals surface area contributed by atoms with E-state index in [0.29, 0.717) is 12.3 Å². The van der Waals surface area contributed by atoms with E-state index in [-0.39, 0.29) is 5.91 Å². The summed E-state index contributed by atoms with van der Waals surface area (Å²) in [6.45, 7) is 2.14. The van der Waals surface area contributed by atoms with Crippen LogP contribution in [0.25, 0.3) is 0 Å². The summed E-state index contributed by atoms with van der Waals surface area (Å²) in [5, 5.41) is 13.9. The summed E-state index contributed by atoms with van der Waals surface area (Å²) in [6, 6.07) is 4.29. The van der Waals surface area contributed by atoms with Crippen LogP contribution >= 0.6 is 0 Å². The van der Waals surface area contributed by atoms with E-state index in [2.05, 4.69) is 24.4 Å². The van der Waals surface area contributed by atoms with Gasteiger partial charge in [0.15, 0.2) is 0 Å². The van der Waals surface area contributed by atoms with Gasteiger partial charge in [-0.15, -0.1) is 0 Å². The van der Waals surface area contributed by atoms with Crippen molar-refractivity contribution in [3.8, 4) is 0 Å². The molecule has 2 aliphatic rings. The van der Waals surface area contributed by atoms with E-state index in [1.165, 1.54) is 30.4 Å². The average molecular weight is 287 g/mol. The molecule has 1 unspecified atom stereocenters. The number of anilines is 1. The number of amides is 1. The number of aliphatic hydroxyl groups excluding tert-OH is 1. The number of rotatable bonds is 3. The molecule has 3 rings (SSSR count). The summed E-state index contributed by atoms with van der Waals surface area (Å²) in [7, 11) is 0. The number of carbonyl (C=O) groups excluding carboxylic acids is 1. The number of aliphatic hydroxyl groups is 1. The van der Waals surface area contributed by atoms with Gasteiger partial charge in [0.2, 0.25) is 5.91 Å². The number of fused-ring (bicyclic) bond motifs is 1. The highest BCUT2D eigenvalue weighted by atomic mass is 16.3. The number of hydrogen-bond donors (Lipinski definition) is 2. The molecule has 1 saturated carbocycles. The van der Waals surface area contributed by atoms with Crippen molar-refractivity contribution in [1.29, 1.82) is 0 Å². The fourth-order valence-electron chi connectivity index (χ4n) is 3.74. The quantitative estimate of drug-likeness (QED) is 0.889. The number of nitrogens with one attached hydrogen (secondary N) is 1. The molecule has 1 fully saturated rings. The van der Waals surface area contributed by atoms with E-state index in [9.17, 15) is 9.90 Å². The topological polar surface area (TPSA) is 49.3 Å². The maximum atomic E-state index is 11.7. The van der Waals surface area contributed by atoms with Crippen LogP contribution in [0.15, 0.2) is 12.1 Å². The van der Waals surface area contributed by atoms with Crippen molar-refractivity contribution in [2.24, 2.45) is 5.92 Å². The van der Waals surface area contributed by atoms with Crippen molar-refractivity contribution in [2.75, 3.05) is 5.32 Å². The van der Waals surface area contributed by atoms with Gasteiger partial charge in [0.25, 0.3) is 0 Å². The molecule has 1 aromatic rings. The smallest absolute Gasteiger partial charge is 0.224 e. The van der Waals surface area contributed by atoms with E-state index in [1.807, 2.05) is 0 Å². The predicted molar refractivity (Wildman–Crippen MR) is 84.3 cm³/mol. The lowest BCUT2D eigenvalue weighted by atomic mass is 9.81. The van der Waals surface area contributed by atoms with Crippen LogP contribution in [0.3, 0.4) is 0 Å². The molecular weight excluding hydrogens is 262 g/mol. The Hall–Kier alpha value is -1.35. The van der Waals surface area contributed by atoms with Gasteiger partial charge in [0.05, 0.1) is 6.10 Å². The van der Waals surface area contributed by atoms with Gasteiger partial charge in [-0.05, 0) is 42.7 Å². The van der Waals surface area contributed by atoms with Crippen LogP contribution in [-0.2, 0) is 17.6 Å². The van der Waals surface area contributed by atoms with Crippen LogP contribution < -0.4 is 5.32 Å². The Morgan fingerprint density at radius 3 is 2.71 bits per heavy atom. The summed E-state index contributed by atoms with van der Waals surface area (Å²) in [6.07, 6.45) is 7.77. The Bertz CT molecular complexity index is 532. The molecular formula is C18H25NO2.